The molecule has 2 aromatic heterocycles. The van der Waals surface area contributed by atoms with Gasteiger partial charge < -0.3 is 4.42 Å². The van der Waals surface area contributed by atoms with Gasteiger partial charge in [-0.05, 0) is 97.4 Å². The molecule has 2 heterocycles. The van der Waals surface area contributed by atoms with Crippen molar-refractivity contribution in [2.45, 2.75) is 0 Å². The van der Waals surface area contributed by atoms with E-state index in [4.69, 9.17) is 19.4 Å². The van der Waals surface area contributed by atoms with Gasteiger partial charge in [0, 0.05) is 27.5 Å². The lowest BCUT2D eigenvalue weighted by atomic mass is 9.96. The summed E-state index contributed by atoms with van der Waals surface area (Å²) < 4.78 is 6.59. The largest absolute Gasteiger partial charge is 0.456 e. The highest BCUT2D eigenvalue weighted by Crippen LogP contribution is 2.40. The third-order valence-corrected chi connectivity index (χ3v) is 11.1. The average Bonchev–Trinajstić information content (AvgIpc) is 3.70. The molecule has 0 bridgehead atoms. The number of hydrogen-bond acceptors (Lipinski definition) is 5. The number of nitriles is 1. The Hall–Kier alpha value is -8.20. The number of aromatic nitrogens is 3. The van der Waals surface area contributed by atoms with Gasteiger partial charge >= 0.3 is 0 Å². The molecule has 9 aromatic carbocycles. The molecule has 0 fully saturated rings. The zero-order chi connectivity index (χ0) is 39.3. The molecule has 11 rings (SSSR count). The van der Waals surface area contributed by atoms with Gasteiger partial charge in [0.05, 0.1) is 11.6 Å². The Labute approximate surface area is 340 Å². The van der Waals surface area contributed by atoms with Gasteiger partial charge in [-0.25, -0.2) is 15.0 Å². The predicted molar refractivity (Wildman–Crippen MR) is 239 cm³/mol. The van der Waals surface area contributed by atoms with Gasteiger partial charge in [-0.3, -0.25) is 0 Å². The van der Waals surface area contributed by atoms with Crippen molar-refractivity contribution < 1.29 is 4.42 Å². The molecule has 5 nitrogen and oxygen atoms in total. The summed E-state index contributed by atoms with van der Waals surface area (Å²) >= 11 is 0. The van der Waals surface area contributed by atoms with Gasteiger partial charge in [0.25, 0.3) is 0 Å². The van der Waals surface area contributed by atoms with Gasteiger partial charge in [0.2, 0.25) is 0 Å². The molecule has 0 aliphatic rings. The van der Waals surface area contributed by atoms with Crippen LogP contribution >= 0.6 is 0 Å². The molecule has 274 valence electrons. The molecule has 0 N–H and O–H groups in total. The second-order valence-electron chi connectivity index (χ2n) is 14.7. The van der Waals surface area contributed by atoms with E-state index in [0.717, 1.165) is 77.0 Å². The highest BCUT2D eigenvalue weighted by atomic mass is 16.3. The van der Waals surface area contributed by atoms with Crippen molar-refractivity contribution in [2.24, 2.45) is 0 Å². The van der Waals surface area contributed by atoms with Gasteiger partial charge in [0.15, 0.2) is 17.5 Å². The first kappa shape index (κ1) is 34.1. The van der Waals surface area contributed by atoms with Gasteiger partial charge in [0.1, 0.15) is 11.2 Å². The topological polar surface area (TPSA) is 75.6 Å². The number of furan rings is 1. The van der Waals surface area contributed by atoms with E-state index < -0.39 is 0 Å². The van der Waals surface area contributed by atoms with Crippen LogP contribution < -0.4 is 0 Å². The van der Waals surface area contributed by atoms with Gasteiger partial charge in [-0.15, -0.1) is 0 Å². The summed E-state index contributed by atoms with van der Waals surface area (Å²) in [4.78, 5) is 15.6. The normalized spacial score (nSPS) is 11.4. The second kappa shape index (κ2) is 14.1. The Morgan fingerprint density at radius 3 is 1.76 bits per heavy atom. The van der Waals surface area contributed by atoms with E-state index in [1.165, 1.54) is 16.5 Å². The van der Waals surface area contributed by atoms with E-state index in [9.17, 15) is 5.26 Å². The fourth-order valence-corrected chi connectivity index (χ4v) is 8.28. The standard InChI is InChI=1S/C54H32N4O/c55-33-34-11-8-15-38(29-34)39-16-9-17-41(30-39)52-56-53(58-54(57-52)48-31-40-14-4-5-18-43(40)45-19-6-7-20-46(45)48)42-27-28-47-50(32-42)59-49-22-10-21-44(51(47)49)37-25-23-36(24-26-37)35-12-2-1-3-13-35/h1-32H. The van der Waals surface area contributed by atoms with Crippen LogP contribution in [0.4, 0.5) is 0 Å². The molecular formula is C54H32N4O. The van der Waals surface area contributed by atoms with Crippen LogP contribution in [0.1, 0.15) is 5.56 Å². The molecule has 5 heteroatoms. The summed E-state index contributed by atoms with van der Waals surface area (Å²) in [6.45, 7) is 0. The molecule has 0 saturated heterocycles. The molecule has 0 atom stereocenters. The lowest BCUT2D eigenvalue weighted by Crippen LogP contribution is -2.01. The van der Waals surface area contributed by atoms with E-state index in [2.05, 4.69) is 140 Å². The Kier molecular flexibility index (Phi) is 8.13. The highest BCUT2D eigenvalue weighted by molar-refractivity contribution is 6.14. The maximum Gasteiger partial charge on any atom is 0.164 e. The molecule has 0 aliphatic carbocycles. The van der Waals surface area contributed by atoms with Crippen molar-refractivity contribution in [2.75, 3.05) is 0 Å². The van der Waals surface area contributed by atoms with Crippen LogP contribution in [0.25, 0.3) is 111 Å². The molecule has 0 spiro atoms. The van der Waals surface area contributed by atoms with Crippen LogP contribution in [-0.2, 0) is 0 Å². The first-order chi connectivity index (χ1) is 29.2. The SMILES string of the molecule is N#Cc1cccc(-c2cccc(-c3nc(-c4ccc5c(c4)oc4cccc(-c6ccc(-c7ccccc7)cc6)c45)nc(-c4cc5ccccc5c5ccccc45)n3)c2)c1. The first-order valence-corrected chi connectivity index (χ1v) is 19.6. The van der Waals surface area contributed by atoms with Crippen LogP contribution in [0.3, 0.4) is 0 Å². The molecule has 0 unspecified atom stereocenters. The number of nitrogens with zero attached hydrogens (tertiary/aromatic N) is 4. The van der Waals surface area contributed by atoms with Crippen molar-refractivity contribution in [1.82, 2.24) is 15.0 Å². The van der Waals surface area contributed by atoms with Crippen LogP contribution in [0.15, 0.2) is 199 Å². The number of hydrogen-bond donors (Lipinski definition) is 0. The van der Waals surface area contributed by atoms with Crippen LogP contribution in [0.5, 0.6) is 0 Å². The average molecular weight is 753 g/mol. The minimum atomic E-state index is 0.540. The number of fused-ring (bicyclic) bond motifs is 6. The van der Waals surface area contributed by atoms with Crippen molar-refractivity contribution in [1.29, 1.82) is 5.26 Å². The summed E-state index contributed by atoms with van der Waals surface area (Å²) in [7, 11) is 0. The van der Waals surface area contributed by atoms with E-state index in [1.54, 1.807) is 0 Å². The Morgan fingerprint density at radius 2 is 0.949 bits per heavy atom. The van der Waals surface area contributed by atoms with Crippen molar-refractivity contribution >= 4 is 43.5 Å². The van der Waals surface area contributed by atoms with E-state index in [1.807, 2.05) is 60.7 Å². The molecular weight excluding hydrogens is 721 g/mol. The minimum absolute atomic E-state index is 0.540. The number of benzene rings is 9. The molecule has 0 amide bonds. The zero-order valence-electron chi connectivity index (χ0n) is 31.7. The third kappa shape index (κ3) is 6.08. The van der Waals surface area contributed by atoms with Crippen molar-refractivity contribution in [3.8, 4) is 73.6 Å². The van der Waals surface area contributed by atoms with E-state index in [-0.39, 0.29) is 0 Å². The molecule has 59 heavy (non-hydrogen) atoms. The quantitative estimate of drug-likeness (QED) is 0.158. The second-order valence-corrected chi connectivity index (χ2v) is 14.7. The van der Waals surface area contributed by atoms with E-state index >= 15 is 0 Å². The number of rotatable bonds is 6. The van der Waals surface area contributed by atoms with Crippen LogP contribution in [-0.4, -0.2) is 15.0 Å². The van der Waals surface area contributed by atoms with Crippen molar-refractivity contribution in [3.05, 3.63) is 200 Å². The molecule has 0 radical (unpaired) electrons. The Balaban J connectivity index is 1.07. The highest BCUT2D eigenvalue weighted by Gasteiger charge is 2.19. The minimum Gasteiger partial charge on any atom is -0.456 e. The van der Waals surface area contributed by atoms with Gasteiger partial charge in [-0.2, -0.15) is 5.26 Å². The molecule has 11 aromatic rings. The summed E-state index contributed by atoms with van der Waals surface area (Å²) in [5.74, 6) is 1.67. The summed E-state index contributed by atoms with van der Waals surface area (Å²) in [6, 6.07) is 68.7. The third-order valence-electron chi connectivity index (χ3n) is 11.1. The molecule has 0 aliphatic heterocycles. The predicted octanol–water partition coefficient (Wildman–Crippen LogP) is 14.0. The van der Waals surface area contributed by atoms with Crippen LogP contribution in [0.2, 0.25) is 0 Å². The fraction of sp³-hybridized carbons (Fsp3) is 0. The first-order valence-electron chi connectivity index (χ1n) is 19.6. The van der Waals surface area contributed by atoms with Gasteiger partial charge in [-0.1, -0.05) is 152 Å². The smallest absolute Gasteiger partial charge is 0.164 e. The zero-order valence-corrected chi connectivity index (χ0v) is 31.7. The van der Waals surface area contributed by atoms with E-state index in [0.29, 0.717) is 23.0 Å². The Morgan fingerprint density at radius 1 is 0.356 bits per heavy atom. The molecule has 0 saturated carbocycles. The summed E-state index contributed by atoms with van der Waals surface area (Å²) in [5.41, 5.74) is 11.3. The summed E-state index contributed by atoms with van der Waals surface area (Å²) in [6.07, 6.45) is 0. The maximum absolute atomic E-state index is 9.59. The summed E-state index contributed by atoms with van der Waals surface area (Å²) in [5, 5.41) is 16.2. The van der Waals surface area contributed by atoms with Crippen LogP contribution in [0, 0.1) is 11.3 Å². The monoisotopic (exact) mass is 752 g/mol. The van der Waals surface area contributed by atoms with Crippen molar-refractivity contribution in [3.63, 3.8) is 0 Å². The fourth-order valence-electron chi connectivity index (χ4n) is 8.28. The Bertz CT molecular complexity index is 3450. The lowest BCUT2D eigenvalue weighted by Gasteiger charge is -2.13. The lowest BCUT2D eigenvalue weighted by molar-refractivity contribution is 0.669. The maximum atomic E-state index is 9.59.